The van der Waals surface area contributed by atoms with Gasteiger partial charge in [0.15, 0.2) is 6.04 Å². The van der Waals surface area contributed by atoms with E-state index in [4.69, 9.17) is 5.73 Å². The van der Waals surface area contributed by atoms with Gasteiger partial charge in [-0.3, -0.25) is 14.9 Å². The van der Waals surface area contributed by atoms with Crippen LogP contribution in [0.1, 0.15) is 12.5 Å². The van der Waals surface area contributed by atoms with Crippen LogP contribution in [-0.4, -0.2) is 29.4 Å². The molecule has 0 aromatic heterocycles. The molecule has 1 aromatic carbocycles. The van der Waals surface area contributed by atoms with Gasteiger partial charge < -0.3 is 15.8 Å². The lowest BCUT2D eigenvalue weighted by atomic mass is 10.2. The zero-order valence-corrected chi connectivity index (χ0v) is 10.9. The molecule has 1 rings (SSSR count). The van der Waals surface area contributed by atoms with E-state index < -0.39 is 22.8 Å². The number of hydrogen-bond donors (Lipinski definition) is 2. The number of nitro benzene ring substituents is 1. The zero-order valence-electron chi connectivity index (χ0n) is 10.9. The van der Waals surface area contributed by atoms with Crippen molar-refractivity contribution in [1.82, 2.24) is 5.32 Å². The number of carbonyl (C=O) groups is 2. The monoisotopic (exact) mass is 281 g/mol. The molecular weight excluding hydrogens is 266 g/mol. The Kier molecular flexibility index (Phi) is 5.60. The van der Waals surface area contributed by atoms with E-state index in [1.807, 2.05) is 0 Å². The number of carbonyl (C=O) groups excluding carboxylic acids is 2. The smallest absolute Gasteiger partial charge is 0.332 e. The molecule has 0 saturated carbocycles. The molecule has 0 bridgehead atoms. The van der Waals surface area contributed by atoms with E-state index in [1.165, 1.54) is 18.2 Å². The topological polar surface area (TPSA) is 125 Å². The molecule has 0 saturated heterocycles. The zero-order chi connectivity index (χ0) is 15.1. The molecule has 1 amide bonds. The van der Waals surface area contributed by atoms with Crippen LogP contribution in [0.25, 0.3) is 0 Å². The molecule has 0 radical (unpaired) electrons. The second-order valence-corrected chi connectivity index (χ2v) is 3.87. The Balaban J connectivity index is 2.58. The van der Waals surface area contributed by atoms with Crippen molar-refractivity contribution in [3.63, 3.8) is 0 Å². The Morgan fingerprint density at radius 2 is 2.20 bits per heavy atom. The predicted octanol–water partition coefficient (Wildman–Crippen LogP) is 0.101. The highest BCUT2D eigenvalue weighted by Gasteiger charge is 2.23. The van der Waals surface area contributed by atoms with Gasteiger partial charge in [-0.25, -0.2) is 4.79 Å². The summed E-state index contributed by atoms with van der Waals surface area (Å²) in [4.78, 5) is 32.9. The third-order valence-corrected chi connectivity index (χ3v) is 2.41. The molecule has 0 heterocycles. The third kappa shape index (κ3) is 4.32. The molecule has 0 aliphatic carbocycles. The van der Waals surface area contributed by atoms with Crippen molar-refractivity contribution in [2.45, 2.75) is 19.5 Å². The summed E-state index contributed by atoms with van der Waals surface area (Å²) in [6, 6.07) is 4.38. The van der Waals surface area contributed by atoms with Crippen LogP contribution in [0, 0.1) is 10.1 Å². The fraction of sp³-hybridized carbons (Fsp3) is 0.333. The fourth-order valence-electron chi connectivity index (χ4n) is 1.42. The maximum absolute atomic E-state index is 11.6. The Labute approximate surface area is 115 Å². The van der Waals surface area contributed by atoms with Gasteiger partial charge in [-0.05, 0) is 12.5 Å². The SMILES string of the molecule is CCOC(=O)C(N)C(=O)NCc1cccc([N+](=O)[O-])c1. The molecule has 0 spiro atoms. The lowest BCUT2D eigenvalue weighted by Gasteiger charge is -2.11. The number of esters is 1. The molecular formula is C12H15N3O5. The van der Waals surface area contributed by atoms with Gasteiger partial charge >= 0.3 is 5.97 Å². The average Bonchev–Trinajstić information content (AvgIpc) is 2.44. The van der Waals surface area contributed by atoms with Crippen LogP contribution >= 0.6 is 0 Å². The van der Waals surface area contributed by atoms with Gasteiger partial charge in [0.25, 0.3) is 5.69 Å². The largest absolute Gasteiger partial charge is 0.464 e. The van der Waals surface area contributed by atoms with Crippen molar-refractivity contribution in [2.24, 2.45) is 5.73 Å². The summed E-state index contributed by atoms with van der Waals surface area (Å²) in [5, 5.41) is 13.0. The third-order valence-electron chi connectivity index (χ3n) is 2.41. The summed E-state index contributed by atoms with van der Waals surface area (Å²) in [6.07, 6.45) is 0. The van der Waals surface area contributed by atoms with Crippen molar-refractivity contribution < 1.29 is 19.2 Å². The first-order valence-corrected chi connectivity index (χ1v) is 5.89. The quantitative estimate of drug-likeness (QED) is 0.330. The van der Waals surface area contributed by atoms with Gasteiger partial charge in [0.05, 0.1) is 11.5 Å². The molecule has 1 aromatic rings. The van der Waals surface area contributed by atoms with E-state index >= 15 is 0 Å². The Morgan fingerprint density at radius 1 is 1.50 bits per heavy atom. The summed E-state index contributed by atoms with van der Waals surface area (Å²) in [5.41, 5.74) is 5.85. The minimum atomic E-state index is -1.41. The highest BCUT2D eigenvalue weighted by Crippen LogP contribution is 2.12. The molecule has 108 valence electrons. The minimum absolute atomic E-state index is 0.0353. The highest BCUT2D eigenvalue weighted by atomic mass is 16.6. The number of nitrogens with two attached hydrogens (primary N) is 1. The van der Waals surface area contributed by atoms with E-state index in [1.54, 1.807) is 13.0 Å². The van der Waals surface area contributed by atoms with E-state index in [2.05, 4.69) is 10.1 Å². The molecule has 0 aliphatic heterocycles. The molecule has 0 aliphatic rings. The van der Waals surface area contributed by atoms with Crippen LogP contribution in [-0.2, 0) is 20.9 Å². The van der Waals surface area contributed by atoms with E-state index in [-0.39, 0.29) is 18.8 Å². The molecule has 0 fully saturated rings. The number of nitrogens with one attached hydrogen (secondary N) is 1. The highest BCUT2D eigenvalue weighted by molar-refractivity contribution is 6.01. The first-order valence-electron chi connectivity index (χ1n) is 5.89. The second kappa shape index (κ2) is 7.19. The minimum Gasteiger partial charge on any atom is -0.464 e. The van der Waals surface area contributed by atoms with Crippen LogP contribution in [0.2, 0.25) is 0 Å². The lowest BCUT2D eigenvalue weighted by Crippen LogP contribution is -2.46. The lowest BCUT2D eigenvalue weighted by molar-refractivity contribution is -0.384. The normalized spacial score (nSPS) is 11.5. The molecule has 8 heteroatoms. The molecule has 1 unspecified atom stereocenters. The van der Waals surface area contributed by atoms with Crippen LogP contribution in [0.3, 0.4) is 0 Å². The van der Waals surface area contributed by atoms with Crippen LogP contribution in [0.5, 0.6) is 0 Å². The summed E-state index contributed by atoms with van der Waals surface area (Å²) < 4.78 is 4.61. The van der Waals surface area contributed by atoms with E-state index in [0.29, 0.717) is 5.56 Å². The molecule has 1 atom stereocenters. The fourth-order valence-corrected chi connectivity index (χ4v) is 1.42. The van der Waals surface area contributed by atoms with Gasteiger partial charge in [0.1, 0.15) is 0 Å². The van der Waals surface area contributed by atoms with Gasteiger partial charge in [-0.15, -0.1) is 0 Å². The van der Waals surface area contributed by atoms with Gasteiger partial charge in [0, 0.05) is 18.7 Å². The number of amides is 1. The van der Waals surface area contributed by atoms with Gasteiger partial charge in [-0.2, -0.15) is 0 Å². The number of non-ortho nitro benzene ring substituents is 1. The summed E-state index contributed by atoms with van der Waals surface area (Å²) in [5.74, 6) is -1.51. The van der Waals surface area contributed by atoms with Gasteiger partial charge in [0.2, 0.25) is 5.91 Å². The van der Waals surface area contributed by atoms with E-state index in [0.717, 1.165) is 0 Å². The maximum Gasteiger partial charge on any atom is 0.332 e. The Morgan fingerprint density at radius 3 is 2.80 bits per heavy atom. The van der Waals surface area contributed by atoms with Crippen molar-refractivity contribution in [2.75, 3.05) is 6.61 Å². The summed E-state index contributed by atoms with van der Waals surface area (Å²) >= 11 is 0. The number of rotatable bonds is 6. The van der Waals surface area contributed by atoms with Crippen molar-refractivity contribution in [3.05, 3.63) is 39.9 Å². The number of nitro groups is 1. The first-order chi connectivity index (χ1) is 9.45. The van der Waals surface area contributed by atoms with Crippen molar-refractivity contribution in [1.29, 1.82) is 0 Å². The Bertz CT molecular complexity index is 518. The van der Waals surface area contributed by atoms with Crippen molar-refractivity contribution >= 4 is 17.6 Å². The second-order valence-electron chi connectivity index (χ2n) is 3.87. The van der Waals surface area contributed by atoms with Gasteiger partial charge in [-0.1, -0.05) is 12.1 Å². The Hall–Kier alpha value is -2.48. The standard InChI is InChI=1S/C12H15N3O5/c1-2-20-12(17)10(13)11(16)14-7-8-4-3-5-9(6-8)15(18)19/h3-6,10H,2,7,13H2,1H3,(H,14,16). The molecule has 20 heavy (non-hydrogen) atoms. The number of benzene rings is 1. The van der Waals surface area contributed by atoms with Crippen molar-refractivity contribution in [3.8, 4) is 0 Å². The molecule has 3 N–H and O–H groups in total. The summed E-state index contributed by atoms with van der Waals surface area (Å²) in [6.45, 7) is 1.77. The van der Waals surface area contributed by atoms with Crippen LogP contribution in [0.15, 0.2) is 24.3 Å². The number of ether oxygens (including phenoxy) is 1. The van der Waals surface area contributed by atoms with Crippen LogP contribution < -0.4 is 11.1 Å². The average molecular weight is 281 g/mol. The predicted molar refractivity (Wildman–Crippen MR) is 69.6 cm³/mol. The molecule has 8 nitrogen and oxygen atoms in total. The maximum atomic E-state index is 11.6. The summed E-state index contributed by atoms with van der Waals surface area (Å²) in [7, 11) is 0. The van der Waals surface area contributed by atoms with Crippen LogP contribution in [0.4, 0.5) is 5.69 Å². The number of hydrogen-bond acceptors (Lipinski definition) is 6. The number of nitrogens with zero attached hydrogens (tertiary/aromatic N) is 1. The first kappa shape index (κ1) is 15.6. The van der Waals surface area contributed by atoms with E-state index in [9.17, 15) is 19.7 Å².